The second-order valence-electron chi connectivity index (χ2n) is 20.3. The lowest BCUT2D eigenvalue weighted by atomic mass is 9.98. The molecule has 0 N–H and O–H groups in total. The Balaban J connectivity index is 0.000000978. The van der Waals surface area contributed by atoms with Crippen molar-refractivity contribution in [2.24, 2.45) is 0 Å². The second kappa shape index (κ2) is 51.0. The van der Waals surface area contributed by atoms with Crippen molar-refractivity contribution in [1.29, 1.82) is 0 Å². The van der Waals surface area contributed by atoms with Crippen molar-refractivity contribution in [2.75, 3.05) is 21.3 Å². The molecule has 0 saturated carbocycles. The molecule has 0 aliphatic carbocycles. The molecular formula is C76H80Br8N4. The highest BCUT2D eigenvalue weighted by atomic mass is 79.9. The van der Waals surface area contributed by atoms with Crippen LogP contribution in [0.4, 0.5) is 0 Å². The molecule has 460 valence electrons. The molecule has 0 unspecified atom stereocenters. The molecule has 88 heavy (non-hydrogen) atoms. The zero-order valence-corrected chi connectivity index (χ0v) is 64.0. The Morgan fingerprint density at radius 1 is 0.250 bits per heavy atom. The summed E-state index contributed by atoms with van der Waals surface area (Å²) in [6.45, 7) is 12.2. The molecule has 12 heteroatoms. The highest BCUT2D eigenvalue weighted by Gasteiger charge is 2.09. The van der Waals surface area contributed by atoms with Crippen molar-refractivity contribution in [1.82, 2.24) is 0 Å². The van der Waals surface area contributed by atoms with E-state index in [2.05, 4.69) is 327 Å². The Bertz CT molecular complexity index is 3080. The standard InChI is InChI=1S/C50H54N4.C26H26Br4.4BrH/c1-43-21-33-51(34-22-43)29-13-5-9-17-47-41-49(19-11-7-15-31-53-37-25-45(3)26-38-53)50(20-12-8-16-32-54-39-27-46(4)28-40-54)42-48(47)18-10-6-14-30-52-35-23-44(2)24-36-52;27-17-9-1-5-13-23-21-25(15-7-3-11-19-29)26(16-8-4-12-20-30)22-24(23)14-6-2-10-18-28;;;;/h21-28,33-42H,5-8,13-16,29-32H2,1-4H3;21-22H,1-4,9-12,17-20H2;4*1H/q+4;;;;;/p-4. The van der Waals surface area contributed by atoms with Gasteiger partial charge in [-0.3, -0.25) is 0 Å². The quantitative estimate of drug-likeness (QED) is 0.0484. The average Bonchev–Trinajstić information content (AvgIpc) is 2.99. The maximum absolute atomic E-state index is 3.49. The monoisotopic (exact) mass is 1680 g/mol. The number of hydrogen-bond acceptors (Lipinski definition) is 0. The number of aromatic nitrogens is 4. The van der Waals surface area contributed by atoms with E-state index in [4.69, 9.17) is 0 Å². The molecule has 0 fully saturated rings. The summed E-state index contributed by atoms with van der Waals surface area (Å²) in [5, 5.41) is 3.87. The summed E-state index contributed by atoms with van der Waals surface area (Å²) in [6, 6.07) is 25.6. The van der Waals surface area contributed by atoms with E-state index < -0.39 is 0 Å². The van der Waals surface area contributed by atoms with E-state index in [1.165, 1.54) is 22.3 Å². The van der Waals surface area contributed by atoms with Gasteiger partial charge in [0.2, 0.25) is 0 Å². The number of hydrogen-bond donors (Lipinski definition) is 0. The summed E-state index contributed by atoms with van der Waals surface area (Å²) in [7, 11) is 0. The van der Waals surface area contributed by atoms with E-state index in [9.17, 15) is 0 Å². The van der Waals surface area contributed by atoms with E-state index in [-0.39, 0.29) is 67.9 Å². The van der Waals surface area contributed by atoms with Crippen LogP contribution in [0.1, 0.15) is 169 Å². The molecule has 0 saturated heterocycles. The fourth-order valence-corrected chi connectivity index (χ4v) is 9.15. The number of alkyl halides is 4. The Morgan fingerprint density at radius 3 is 0.545 bits per heavy atom. The summed E-state index contributed by atoms with van der Waals surface area (Å²) >= 11 is 13.9. The number of benzene rings is 2. The first kappa shape index (κ1) is 81.4. The molecule has 2 aromatic carbocycles. The Morgan fingerprint density at radius 2 is 0.398 bits per heavy atom. The maximum Gasteiger partial charge on any atom is 0.169 e. The first-order valence-corrected chi connectivity index (χ1v) is 34.0. The Kier molecular flexibility index (Phi) is 47.2. The normalized spacial score (nSPS) is 9.36. The minimum atomic E-state index is 0. The summed E-state index contributed by atoms with van der Waals surface area (Å²) in [5.41, 5.74) is 12.6. The predicted octanol–water partition coefficient (Wildman–Crippen LogP) is 3.21. The van der Waals surface area contributed by atoms with Crippen molar-refractivity contribution < 1.29 is 86.2 Å². The number of aryl methyl sites for hydroxylation is 8. The zero-order chi connectivity index (χ0) is 59.7. The molecule has 0 spiro atoms. The van der Waals surface area contributed by atoms with E-state index in [1.54, 1.807) is 0 Å². The molecule has 6 rings (SSSR count). The van der Waals surface area contributed by atoms with Crippen molar-refractivity contribution in [3.63, 3.8) is 0 Å². The van der Waals surface area contributed by atoms with Gasteiger partial charge in [0.15, 0.2) is 49.6 Å². The number of unbranched alkanes of at least 4 members (excludes halogenated alkanes) is 8. The molecule has 0 aliphatic rings. The van der Waals surface area contributed by atoms with Crippen LogP contribution in [0.5, 0.6) is 0 Å². The largest absolute Gasteiger partial charge is 1.00 e. The molecule has 4 nitrogen and oxygen atoms in total. The predicted molar refractivity (Wildman–Crippen MR) is 362 cm³/mol. The number of halogens is 8. The van der Waals surface area contributed by atoms with Crippen LogP contribution in [0.25, 0.3) is 0 Å². The van der Waals surface area contributed by atoms with Gasteiger partial charge in [0.25, 0.3) is 0 Å². The van der Waals surface area contributed by atoms with Crippen molar-refractivity contribution in [3.05, 3.63) is 189 Å². The lowest BCUT2D eigenvalue weighted by Crippen LogP contribution is -3.00. The fourth-order valence-electron chi connectivity index (χ4n) is 8.03. The molecule has 6 aromatic rings. The minimum absolute atomic E-state index is 0. The van der Waals surface area contributed by atoms with E-state index in [1.807, 2.05) is 0 Å². The van der Waals surface area contributed by atoms with Gasteiger partial charge in [-0.2, -0.15) is 0 Å². The molecule has 0 radical (unpaired) electrons. The molecule has 0 amide bonds. The van der Waals surface area contributed by atoms with Crippen molar-refractivity contribution in [3.8, 4) is 94.7 Å². The number of pyridine rings is 4. The minimum Gasteiger partial charge on any atom is -1.00 e. The molecule has 4 heterocycles. The van der Waals surface area contributed by atoms with Crippen LogP contribution in [0.3, 0.4) is 0 Å². The number of rotatable bonds is 20. The van der Waals surface area contributed by atoms with Gasteiger partial charge in [-0.15, -0.1) is 0 Å². The number of nitrogens with zero attached hydrogens (tertiary/aromatic N) is 4. The summed E-state index contributed by atoms with van der Waals surface area (Å²) in [6.07, 6.45) is 31.9. The topological polar surface area (TPSA) is 15.5 Å². The van der Waals surface area contributed by atoms with Gasteiger partial charge in [0.05, 0.1) is 0 Å². The first-order valence-electron chi connectivity index (χ1n) is 29.5. The van der Waals surface area contributed by atoms with Crippen LogP contribution in [0.15, 0.2) is 122 Å². The van der Waals surface area contributed by atoms with Crippen molar-refractivity contribution >= 4 is 63.7 Å². The van der Waals surface area contributed by atoms with Gasteiger partial charge in [0, 0.05) is 191 Å². The van der Waals surface area contributed by atoms with Gasteiger partial charge in [-0.05, 0) is 99.9 Å². The summed E-state index contributed by atoms with van der Waals surface area (Å²) in [5.74, 6) is 54.1. The third-order valence-corrected chi connectivity index (χ3v) is 15.2. The highest BCUT2D eigenvalue weighted by molar-refractivity contribution is 9.09. The van der Waals surface area contributed by atoms with Crippen LogP contribution in [0, 0.1) is 122 Å². The fraction of sp³-hybridized carbons (Fsp3) is 0.368. The van der Waals surface area contributed by atoms with Crippen LogP contribution >= 0.6 is 63.7 Å². The van der Waals surface area contributed by atoms with Crippen molar-refractivity contribution in [2.45, 2.75) is 157 Å². The lowest BCUT2D eigenvalue weighted by Gasteiger charge is -2.03. The molecular weight excluding hydrogens is 1610 g/mol. The van der Waals surface area contributed by atoms with E-state index in [0.717, 1.165) is 195 Å². The summed E-state index contributed by atoms with van der Waals surface area (Å²) in [4.78, 5) is 0. The second-order valence-corrected chi connectivity index (χ2v) is 23.5. The molecule has 0 aliphatic heterocycles. The SMILES string of the molecule is BrCCCC#Cc1cc(C#CCCCBr)c(C#CCCCBr)cc1C#CCCCBr.Cc1cc[n+](CCCC#Cc2cc(C#CCCC[n+]3ccc(C)cc3)c(C#CCCC[n+]3ccc(C)cc3)cc2C#CCCC[n+]2ccc(C)cc2)cc1.[Br-].[Br-].[Br-].[Br-]. The first-order chi connectivity index (χ1) is 41.2. The molecule has 0 atom stereocenters. The third-order valence-electron chi connectivity index (χ3n) is 12.9. The Labute approximate surface area is 605 Å². The lowest BCUT2D eigenvalue weighted by molar-refractivity contribution is -0.697. The maximum atomic E-state index is 3.49. The molecule has 0 bridgehead atoms. The average molecular weight is 1690 g/mol. The Hall–Kier alpha value is -4.64. The molecule has 4 aromatic heterocycles. The zero-order valence-electron chi connectivity index (χ0n) is 51.3. The van der Waals surface area contributed by atoms with Gasteiger partial charge >= 0.3 is 0 Å². The third kappa shape index (κ3) is 34.5. The van der Waals surface area contributed by atoms with Gasteiger partial charge in [-0.1, -0.05) is 158 Å². The van der Waals surface area contributed by atoms with E-state index >= 15 is 0 Å². The summed E-state index contributed by atoms with van der Waals surface area (Å²) < 4.78 is 8.88. The van der Waals surface area contributed by atoms with Crippen LogP contribution in [-0.4, -0.2) is 21.3 Å². The van der Waals surface area contributed by atoms with Crippen LogP contribution < -0.4 is 86.2 Å². The smallest absolute Gasteiger partial charge is 0.169 e. The highest BCUT2D eigenvalue weighted by Crippen LogP contribution is 2.18. The van der Waals surface area contributed by atoms with Crippen LogP contribution in [0.2, 0.25) is 0 Å². The van der Waals surface area contributed by atoms with E-state index in [0.29, 0.717) is 0 Å². The van der Waals surface area contributed by atoms with Gasteiger partial charge in [0.1, 0.15) is 26.2 Å². The van der Waals surface area contributed by atoms with Gasteiger partial charge < -0.3 is 67.9 Å². The van der Waals surface area contributed by atoms with Gasteiger partial charge in [-0.25, -0.2) is 18.3 Å². The van der Waals surface area contributed by atoms with Crippen LogP contribution in [-0.2, 0) is 26.2 Å².